The molecule has 3 N–H and O–H groups in total. The highest BCUT2D eigenvalue weighted by Crippen LogP contribution is 2.38. The van der Waals surface area contributed by atoms with Crippen molar-refractivity contribution in [2.24, 2.45) is 0 Å². The summed E-state index contributed by atoms with van der Waals surface area (Å²) in [7, 11) is -4.86. The van der Waals surface area contributed by atoms with E-state index < -0.39 is 56.9 Å². The predicted octanol–water partition coefficient (Wildman–Crippen LogP) is -0.569. The Morgan fingerprint density at radius 2 is 1.86 bits per heavy atom. The molecule has 13 heteroatoms. The first-order valence-corrected chi connectivity index (χ1v) is 9.75. The van der Waals surface area contributed by atoms with Gasteiger partial charge in [-0.3, -0.25) is 9.42 Å². The minimum Gasteiger partial charge on any atom is -0.452 e. The Morgan fingerprint density at radius 1 is 1.25 bits per heavy atom. The first kappa shape index (κ1) is 22.1. The number of urea groups is 1. The molecule has 0 saturated carbocycles. The highest BCUT2D eigenvalue weighted by Gasteiger charge is 2.53. The summed E-state index contributed by atoms with van der Waals surface area (Å²) in [5, 5.41) is 2.60. The molecule has 0 radical (unpaired) electrons. The highest BCUT2D eigenvalue weighted by molar-refractivity contribution is 7.46. The molecular formula is C15H21N2O10P. The number of hydrogen-bond donors (Lipinski definition) is 3. The molecule has 0 bridgehead atoms. The molecule has 0 aromatic heterocycles. The molecule has 2 aliphatic heterocycles. The fourth-order valence-corrected chi connectivity index (χ4v) is 3.13. The van der Waals surface area contributed by atoms with Crippen LogP contribution in [-0.2, 0) is 32.9 Å². The van der Waals surface area contributed by atoms with E-state index in [-0.39, 0.29) is 6.54 Å². The van der Waals surface area contributed by atoms with Gasteiger partial charge >= 0.3 is 25.8 Å². The molecule has 12 nitrogen and oxygen atoms in total. The average Bonchev–Trinajstić information content (AvgIpc) is 2.96. The van der Waals surface area contributed by atoms with E-state index in [1.807, 2.05) is 0 Å². The number of phosphoric acid groups is 1. The summed E-state index contributed by atoms with van der Waals surface area (Å²) in [6, 6.07) is -0.499. The predicted molar refractivity (Wildman–Crippen MR) is 91.5 cm³/mol. The summed E-state index contributed by atoms with van der Waals surface area (Å²) in [5.74, 6) is -1.76. The molecular weight excluding hydrogens is 399 g/mol. The second kappa shape index (κ2) is 9.30. The molecule has 2 fully saturated rings. The van der Waals surface area contributed by atoms with Crippen LogP contribution < -0.4 is 5.32 Å². The van der Waals surface area contributed by atoms with Gasteiger partial charge in [-0.25, -0.2) is 18.9 Å². The normalized spacial score (nSPS) is 27.6. The molecule has 0 aromatic carbocycles. The fourth-order valence-electron chi connectivity index (χ4n) is 2.79. The van der Waals surface area contributed by atoms with Crippen molar-refractivity contribution in [3.63, 3.8) is 0 Å². The monoisotopic (exact) mass is 420 g/mol. The van der Waals surface area contributed by atoms with Crippen LogP contribution in [-0.4, -0.2) is 76.9 Å². The van der Waals surface area contributed by atoms with Crippen molar-refractivity contribution < 1.29 is 47.5 Å². The van der Waals surface area contributed by atoms with Gasteiger partial charge in [-0.1, -0.05) is 13.2 Å². The fraction of sp³-hybridized carbons (Fsp3) is 0.533. The van der Waals surface area contributed by atoms with Crippen molar-refractivity contribution in [3.8, 4) is 0 Å². The number of nitrogens with zero attached hydrogens (tertiary/aromatic N) is 1. The van der Waals surface area contributed by atoms with E-state index >= 15 is 0 Å². The second-order valence-electron chi connectivity index (χ2n) is 5.84. The van der Waals surface area contributed by atoms with Gasteiger partial charge in [0.15, 0.2) is 18.4 Å². The number of esters is 2. The van der Waals surface area contributed by atoms with Gasteiger partial charge in [0.1, 0.15) is 6.10 Å². The van der Waals surface area contributed by atoms with E-state index in [1.54, 1.807) is 0 Å². The van der Waals surface area contributed by atoms with Crippen molar-refractivity contribution in [2.45, 2.75) is 31.0 Å². The maximum atomic E-state index is 12.2. The lowest BCUT2D eigenvalue weighted by atomic mass is 10.1. The summed E-state index contributed by atoms with van der Waals surface area (Å²) in [5.41, 5.74) is 0. The van der Waals surface area contributed by atoms with Crippen LogP contribution >= 0.6 is 7.82 Å². The molecule has 156 valence electrons. The molecule has 0 aromatic rings. The van der Waals surface area contributed by atoms with E-state index in [1.165, 1.54) is 4.90 Å². The van der Waals surface area contributed by atoms with Crippen molar-refractivity contribution in [1.82, 2.24) is 10.2 Å². The average molecular weight is 420 g/mol. The Morgan fingerprint density at radius 3 is 2.39 bits per heavy atom. The zero-order chi connectivity index (χ0) is 20.9. The van der Waals surface area contributed by atoms with Crippen LogP contribution in [0, 0.1) is 0 Å². The van der Waals surface area contributed by atoms with Gasteiger partial charge in [0, 0.05) is 25.2 Å². The summed E-state index contributed by atoms with van der Waals surface area (Å²) in [6.07, 6.45) is -2.72. The van der Waals surface area contributed by atoms with Crippen LogP contribution in [0.1, 0.15) is 6.42 Å². The summed E-state index contributed by atoms with van der Waals surface area (Å²) >= 11 is 0. The maximum absolute atomic E-state index is 12.2. The largest absolute Gasteiger partial charge is 0.469 e. The van der Waals surface area contributed by atoms with Gasteiger partial charge < -0.3 is 29.3 Å². The molecule has 2 aliphatic rings. The number of carbonyl (C=O) groups is 3. The molecule has 2 rings (SSSR count). The maximum Gasteiger partial charge on any atom is 0.469 e. The van der Waals surface area contributed by atoms with Gasteiger partial charge in [-0.15, -0.1) is 0 Å². The molecule has 4 atom stereocenters. The van der Waals surface area contributed by atoms with Crippen LogP contribution in [0.25, 0.3) is 0 Å². The third-order valence-corrected chi connectivity index (χ3v) is 4.44. The van der Waals surface area contributed by atoms with Crippen LogP contribution in [0.4, 0.5) is 4.79 Å². The third-order valence-electron chi connectivity index (χ3n) is 3.95. The lowest BCUT2D eigenvalue weighted by molar-refractivity contribution is -0.163. The van der Waals surface area contributed by atoms with Gasteiger partial charge in [-0.05, 0) is 6.42 Å². The number of nitrogens with one attached hydrogen (secondary N) is 1. The number of phosphoric ester groups is 1. The van der Waals surface area contributed by atoms with E-state index in [0.717, 1.165) is 12.2 Å². The summed E-state index contributed by atoms with van der Waals surface area (Å²) < 4.78 is 31.5. The minimum atomic E-state index is -4.86. The quantitative estimate of drug-likeness (QED) is 0.263. The van der Waals surface area contributed by atoms with Gasteiger partial charge in [-0.2, -0.15) is 0 Å². The van der Waals surface area contributed by atoms with Crippen LogP contribution in [0.3, 0.4) is 0 Å². The smallest absolute Gasteiger partial charge is 0.452 e. The van der Waals surface area contributed by atoms with Gasteiger partial charge in [0.2, 0.25) is 0 Å². The van der Waals surface area contributed by atoms with Crippen molar-refractivity contribution in [1.29, 1.82) is 0 Å². The third kappa shape index (κ3) is 5.63. The van der Waals surface area contributed by atoms with E-state index in [2.05, 4.69) is 23.0 Å². The number of ether oxygens (including phenoxy) is 3. The Labute approximate surface area is 160 Å². The van der Waals surface area contributed by atoms with E-state index in [9.17, 15) is 18.9 Å². The Balaban J connectivity index is 2.32. The first-order chi connectivity index (χ1) is 13.2. The molecule has 2 heterocycles. The minimum absolute atomic E-state index is 0.257. The molecule has 2 saturated heterocycles. The van der Waals surface area contributed by atoms with Gasteiger partial charge in [0.05, 0.1) is 6.61 Å². The Kier molecular flexibility index (Phi) is 7.33. The highest BCUT2D eigenvalue weighted by atomic mass is 31.2. The number of rotatable bonds is 8. The SMILES string of the molecule is C=CC(=O)O[C@@H]1[C@@H](OC(=O)C=C)[C@@H](COP(=O)(O)O)O[C@H]1N1CCCNC1=O. The lowest BCUT2D eigenvalue weighted by Gasteiger charge is -2.34. The molecule has 2 amide bonds. The zero-order valence-electron chi connectivity index (χ0n) is 14.8. The number of hydrogen-bond acceptors (Lipinski definition) is 8. The topological polar surface area (TPSA) is 161 Å². The number of carbonyl (C=O) groups excluding carboxylic acids is 3. The number of amides is 2. The summed E-state index contributed by atoms with van der Waals surface area (Å²) in [6.45, 7) is 6.56. The summed E-state index contributed by atoms with van der Waals surface area (Å²) in [4.78, 5) is 54.8. The van der Waals surface area contributed by atoms with Crippen LogP contribution in [0.2, 0.25) is 0 Å². The van der Waals surface area contributed by atoms with Crippen molar-refractivity contribution in [3.05, 3.63) is 25.3 Å². The van der Waals surface area contributed by atoms with E-state index in [4.69, 9.17) is 24.0 Å². The first-order valence-electron chi connectivity index (χ1n) is 8.22. The zero-order valence-corrected chi connectivity index (χ0v) is 15.7. The standard InChI is InChI=1S/C15H21N2O10P/c1-3-10(18)26-12-9(8-24-28(21,22)23)25-14(13(12)27-11(19)4-2)17-7-5-6-16-15(17)20/h3-4,9,12-14H,1-2,5-8H2,(H,16,20)(H2,21,22,23)/t9-,12+,13-,14-/m1/s1. The lowest BCUT2D eigenvalue weighted by Crippen LogP contribution is -2.56. The van der Waals surface area contributed by atoms with Crippen molar-refractivity contribution in [2.75, 3.05) is 19.7 Å². The van der Waals surface area contributed by atoms with Crippen LogP contribution in [0.5, 0.6) is 0 Å². The molecule has 0 aliphatic carbocycles. The molecule has 28 heavy (non-hydrogen) atoms. The van der Waals surface area contributed by atoms with Crippen molar-refractivity contribution >= 4 is 25.8 Å². The Bertz CT molecular complexity index is 692. The van der Waals surface area contributed by atoms with Crippen LogP contribution in [0.15, 0.2) is 25.3 Å². The van der Waals surface area contributed by atoms with Gasteiger partial charge in [0.25, 0.3) is 0 Å². The second-order valence-corrected chi connectivity index (χ2v) is 7.08. The molecule has 0 spiro atoms. The Hall–Kier alpha value is -2.24. The molecule has 0 unspecified atom stereocenters. The van der Waals surface area contributed by atoms with E-state index in [0.29, 0.717) is 13.0 Å².